The highest BCUT2D eigenvalue weighted by molar-refractivity contribution is 5.44. The van der Waals surface area contributed by atoms with E-state index in [9.17, 15) is 5.11 Å². The Balaban J connectivity index is 1.72. The lowest BCUT2D eigenvalue weighted by Crippen LogP contribution is -2.48. The number of aliphatic hydroxyl groups is 1. The summed E-state index contributed by atoms with van der Waals surface area (Å²) in [5.41, 5.74) is 6.81. The summed E-state index contributed by atoms with van der Waals surface area (Å²) in [6.45, 7) is 7.12. The summed E-state index contributed by atoms with van der Waals surface area (Å²) in [6.07, 6.45) is 8.58. The Morgan fingerprint density at radius 1 is 1.09 bits per heavy atom. The summed E-state index contributed by atoms with van der Waals surface area (Å²) < 4.78 is 0. The van der Waals surface area contributed by atoms with E-state index < -0.39 is 0 Å². The Kier molecular flexibility index (Phi) is 3.41. The third-order valence-electron chi connectivity index (χ3n) is 7.67. The largest absolute Gasteiger partial charge is 0.393 e. The highest BCUT2D eigenvalue weighted by atomic mass is 16.3. The van der Waals surface area contributed by atoms with Gasteiger partial charge in [0.1, 0.15) is 0 Å². The van der Waals surface area contributed by atoms with E-state index in [-0.39, 0.29) is 6.10 Å². The van der Waals surface area contributed by atoms with E-state index >= 15 is 0 Å². The minimum absolute atomic E-state index is 0.0320. The van der Waals surface area contributed by atoms with Gasteiger partial charge in [0.15, 0.2) is 0 Å². The van der Waals surface area contributed by atoms with E-state index in [1.807, 2.05) is 0 Å². The van der Waals surface area contributed by atoms with Crippen LogP contribution in [0.4, 0.5) is 0 Å². The van der Waals surface area contributed by atoms with Crippen molar-refractivity contribution in [1.82, 2.24) is 0 Å². The lowest BCUT2D eigenvalue weighted by atomic mass is 9.49. The lowest BCUT2D eigenvalue weighted by Gasteiger charge is -2.56. The second-order valence-electron chi connectivity index (χ2n) is 8.54. The van der Waals surface area contributed by atoms with Crippen molar-refractivity contribution in [2.75, 3.05) is 0 Å². The third-order valence-corrected chi connectivity index (χ3v) is 7.67. The molecule has 0 bridgehead atoms. The number of benzene rings is 1. The van der Waals surface area contributed by atoms with Crippen molar-refractivity contribution >= 4 is 0 Å². The molecule has 22 heavy (non-hydrogen) atoms. The van der Waals surface area contributed by atoms with E-state index in [1.54, 1.807) is 16.7 Å². The van der Waals surface area contributed by atoms with Crippen molar-refractivity contribution < 1.29 is 5.11 Å². The van der Waals surface area contributed by atoms with Crippen LogP contribution >= 0.6 is 0 Å². The van der Waals surface area contributed by atoms with Gasteiger partial charge in [-0.2, -0.15) is 0 Å². The highest BCUT2D eigenvalue weighted by Crippen LogP contribution is 2.60. The van der Waals surface area contributed by atoms with Gasteiger partial charge in [0.25, 0.3) is 0 Å². The molecule has 4 rings (SSSR count). The molecule has 1 aromatic carbocycles. The van der Waals surface area contributed by atoms with Gasteiger partial charge < -0.3 is 5.11 Å². The summed E-state index contributed by atoms with van der Waals surface area (Å²) in [5, 5.41) is 10.1. The van der Waals surface area contributed by atoms with E-state index in [0.717, 1.165) is 30.6 Å². The van der Waals surface area contributed by atoms with Crippen LogP contribution in [0.5, 0.6) is 0 Å². The normalized spacial score (nSPS) is 40.5. The molecule has 0 unspecified atom stereocenters. The molecule has 1 aromatic rings. The van der Waals surface area contributed by atoms with E-state index in [4.69, 9.17) is 0 Å². The van der Waals surface area contributed by atoms with Crippen LogP contribution in [0, 0.1) is 31.1 Å². The number of rotatable bonds is 0. The second kappa shape index (κ2) is 5.09. The standard InChI is InChI=1S/C21H30O/c1-13-4-6-18-17(14(13)2)8-9-20-19(18)7-5-15-12-16(22)10-11-21(15,20)3/h4,6,15-16,19-20,22H,5,7-12H2,1-3H3/t15-,16+,19+,20+,21+/m1/s1. The van der Waals surface area contributed by atoms with Crippen molar-refractivity contribution in [2.45, 2.75) is 77.7 Å². The maximum absolute atomic E-state index is 10.1. The molecule has 2 fully saturated rings. The van der Waals surface area contributed by atoms with Crippen LogP contribution in [0.15, 0.2) is 12.1 Å². The molecule has 0 aliphatic heterocycles. The van der Waals surface area contributed by atoms with E-state index in [2.05, 4.69) is 32.9 Å². The maximum Gasteiger partial charge on any atom is 0.0543 e. The highest BCUT2D eigenvalue weighted by Gasteiger charge is 2.51. The molecule has 0 radical (unpaired) electrons. The predicted molar refractivity (Wildman–Crippen MR) is 91.2 cm³/mol. The van der Waals surface area contributed by atoms with Crippen LogP contribution in [-0.4, -0.2) is 11.2 Å². The molecule has 0 amide bonds. The van der Waals surface area contributed by atoms with Gasteiger partial charge in [0, 0.05) is 0 Å². The fraction of sp³-hybridized carbons (Fsp3) is 0.714. The Morgan fingerprint density at radius 3 is 2.73 bits per heavy atom. The molecule has 0 saturated heterocycles. The molecule has 3 aliphatic carbocycles. The lowest BCUT2D eigenvalue weighted by molar-refractivity contribution is -0.0606. The number of hydrogen-bond donors (Lipinski definition) is 1. The molecule has 0 aromatic heterocycles. The van der Waals surface area contributed by atoms with Gasteiger partial charge in [-0.3, -0.25) is 0 Å². The molecule has 0 spiro atoms. The molecule has 3 aliphatic rings. The van der Waals surface area contributed by atoms with Crippen molar-refractivity contribution in [3.05, 3.63) is 34.4 Å². The zero-order valence-electron chi connectivity index (χ0n) is 14.4. The Bertz CT molecular complexity index is 590. The summed E-state index contributed by atoms with van der Waals surface area (Å²) in [6, 6.07) is 4.78. The molecular formula is C21H30O. The average molecular weight is 298 g/mol. The van der Waals surface area contributed by atoms with Crippen molar-refractivity contribution in [1.29, 1.82) is 0 Å². The van der Waals surface area contributed by atoms with Crippen molar-refractivity contribution in [3.8, 4) is 0 Å². The van der Waals surface area contributed by atoms with Crippen LogP contribution in [0.25, 0.3) is 0 Å². The van der Waals surface area contributed by atoms with Gasteiger partial charge in [-0.1, -0.05) is 19.1 Å². The zero-order valence-corrected chi connectivity index (χ0v) is 14.4. The minimum Gasteiger partial charge on any atom is -0.393 e. The summed E-state index contributed by atoms with van der Waals surface area (Å²) in [7, 11) is 0. The fourth-order valence-corrected chi connectivity index (χ4v) is 6.15. The van der Waals surface area contributed by atoms with Gasteiger partial charge in [0.2, 0.25) is 0 Å². The maximum atomic E-state index is 10.1. The first-order valence-electron chi connectivity index (χ1n) is 9.27. The summed E-state index contributed by atoms with van der Waals surface area (Å²) in [4.78, 5) is 0. The molecule has 5 atom stereocenters. The Hall–Kier alpha value is -0.820. The molecule has 1 nitrogen and oxygen atoms in total. The van der Waals surface area contributed by atoms with Crippen LogP contribution in [-0.2, 0) is 6.42 Å². The van der Waals surface area contributed by atoms with Gasteiger partial charge in [-0.15, -0.1) is 0 Å². The van der Waals surface area contributed by atoms with E-state index in [1.165, 1.54) is 37.7 Å². The average Bonchev–Trinajstić information content (AvgIpc) is 2.51. The molecule has 0 heterocycles. The third kappa shape index (κ3) is 2.01. The van der Waals surface area contributed by atoms with Gasteiger partial charge in [-0.05, 0) is 104 Å². The number of aliphatic hydroxyl groups excluding tert-OH is 1. The predicted octanol–water partition coefficient (Wildman–Crippen LogP) is 4.91. The summed E-state index contributed by atoms with van der Waals surface area (Å²) in [5.74, 6) is 2.37. The fourth-order valence-electron chi connectivity index (χ4n) is 6.15. The number of fused-ring (bicyclic) bond motifs is 5. The van der Waals surface area contributed by atoms with Crippen molar-refractivity contribution in [2.24, 2.45) is 17.3 Å². The van der Waals surface area contributed by atoms with Crippen LogP contribution in [0.1, 0.15) is 73.6 Å². The SMILES string of the molecule is Cc1ccc2c(c1C)CC[C@H]1[C@H]2CC[C@@H]2C[C@@H](O)CC[C@@]21C. The first-order chi connectivity index (χ1) is 10.5. The topological polar surface area (TPSA) is 20.2 Å². The Morgan fingerprint density at radius 2 is 1.91 bits per heavy atom. The van der Waals surface area contributed by atoms with Gasteiger partial charge in [-0.25, -0.2) is 0 Å². The van der Waals surface area contributed by atoms with E-state index in [0.29, 0.717) is 5.41 Å². The molecule has 120 valence electrons. The smallest absolute Gasteiger partial charge is 0.0543 e. The first kappa shape index (κ1) is 14.8. The Labute approximate surface area is 135 Å². The van der Waals surface area contributed by atoms with Crippen LogP contribution in [0.3, 0.4) is 0 Å². The van der Waals surface area contributed by atoms with Gasteiger partial charge in [0.05, 0.1) is 6.10 Å². The number of hydrogen-bond acceptors (Lipinski definition) is 1. The molecule has 1 N–H and O–H groups in total. The van der Waals surface area contributed by atoms with Crippen LogP contribution in [0.2, 0.25) is 0 Å². The molecule has 1 heteroatoms. The zero-order chi connectivity index (χ0) is 15.5. The summed E-state index contributed by atoms with van der Waals surface area (Å²) >= 11 is 0. The minimum atomic E-state index is -0.0320. The monoisotopic (exact) mass is 298 g/mol. The van der Waals surface area contributed by atoms with Crippen LogP contribution < -0.4 is 0 Å². The second-order valence-corrected chi connectivity index (χ2v) is 8.54. The molecule has 2 saturated carbocycles. The van der Waals surface area contributed by atoms with Crippen molar-refractivity contribution in [3.63, 3.8) is 0 Å². The van der Waals surface area contributed by atoms with Gasteiger partial charge >= 0.3 is 0 Å². The molecular weight excluding hydrogens is 268 g/mol. The first-order valence-corrected chi connectivity index (χ1v) is 9.27. The number of aryl methyl sites for hydroxylation is 1. The quantitative estimate of drug-likeness (QED) is 0.721.